The Bertz CT molecular complexity index is 1030. The van der Waals surface area contributed by atoms with Gasteiger partial charge in [0.2, 0.25) is 0 Å². The Morgan fingerprint density at radius 1 is 1.33 bits per heavy atom. The SMILES string of the molecule is O=C(N/N=C/c1ccc([N+](=O)[O-])s1)c1ccn(Cc2ccc(Cl)cc2Cl)n1. The van der Waals surface area contributed by atoms with Crippen molar-refractivity contribution in [2.45, 2.75) is 6.54 Å². The molecule has 8 nitrogen and oxygen atoms in total. The van der Waals surface area contributed by atoms with Crippen LogP contribution in [0.15, 0.2) is 47.7 Å². The molecule has 0 aliphatic carbocycles. The van der Waals surface area contributed by atoms with Gasteiger partial charge < -0.3 is 0 Å². The fourth-order valence-electron chi connectivity index (χ4n) is 2.12. The van der Waals surface area contributed by atoms with Gasteiger partial charge in [0.05, 0.1) is 22.6 Å². The number of aromatic nitrogens is 2. The van der Waals surface area contributed by atoms with Crippen LogP contribution in [0.4, 0.5) is 5.00 Å². The van der Waals surface area contributed by atoms with Crippen LogP contribution in [0, 0.1) is 10.1 Å². The van der Waals surface area contributed by atoms with Crippen LogP contribution in [-0.2, 0) is 6.54 Å². The van der Waals surface area contributed by atoms with Crippen LogP contribution in [0.5, 0.6) is 0 Å². The molecule has 1 amide bonds. The first-order valence-electron chi connectivity index (χ1n) is 7.47. The second kappa shape index (κ2) is 8.30. The Labute approximate surface area is 167 Å². The third-order valence-electron chi connectivity index (χ3n) is 3.37. The van der Waals surface area contributed by atoms with E-state index in [1.807, 2.05) is 0 Å². The molecule has 0 aliphatic heterocycles. The number of amides is 1. The number of hydrogen-bond acceptors (Lipinski definition) is 6. The summed E-state index contributed by atoms with van der Waals surface area (Å²) in [7, 11) is 0. The lowest BCUT2D eigenvalue weighted by Gasteiger charge is -2.05. The first-order valence-corrected chi connectivity index (χ1v) is 9.04. The van der Waals surface area contributed by atoms with Crippen molar-refractivity contribution in [3.63, 3.8) is 0 Å². The molecule has 1 N–H and O–H groups in total. The fraction of sp³-hybridized carbons (Fsp3) is 0.0625. The Morgan fingerprint density at radius 2 is 2.15 bits per heavy atom. The molecule has 11 heteroatoms. The predicted molar refractivity (Wildman–Crippen MR) is 104 cm³/mol. The van der Waals surface area contributed by atoms with Crippen molar-refractivity contribution in [3.8, 4) is 0 Å². The molecule has 0 unspecified atom stereocenters. The molecule has 0 aliphatic rings. The smallest absolute Gasteiger partial charge is 0.267 e. The van der Waals surface area contributed by atoms with E-state index in [9.17, 15) is 14.9 Å². The van der Waals surface area contributed by atoms with E-state index in [0.29, 0.717) is 21.5 Å². The summed E-state index contributed by atoms with van der Waals surface area (Å²) in [5.41, 5.74) is 3.32. The first kappa shape index (κ1) is 19.0. The Kier molecular flexibility index (Phi) is 5.84. The molecule has 0 radical (unpaired) electrons. The van der Waals surface area contributed by atoms with Crippen LogP contribution in [0.1, 0.15) is 20.9 Å². The number of hydrogen-bond donors (Lipinski definition) is 1. The number of benzene rings is 1. The van der Waals surface area contributed by atoms with Gasteiger partial charge in [0.1, 0.15) is 0 Å². The number of thiophene rings is 1. The van der Waals surface area contributed by atoms with Gasteiger partial charge in [0.15, 0.2) is 5.69 Å². The summed E-state index contributed by atoms with van der Waals surface area (Å²) in [6.45, 7) is 0.380. The van der Waals surface area contributed by atoms with E-state index < -0.39 is 10.8 Å². The van der Waals surface area contributed by atoms with Crippen LogP contribution in [0.3, 0.4) is 0 Å². The van der Waals surface area contributed by atoms with Crippen molar-refractivity contribution in [3.05, 3.63) is 78.9 Å². The lowest BCUT2D eigenvalue weighted by molar-refractivity contribution is -0.380. The standard InChI is InChI=1S/C16H11Cl2N5O3S/c17-11-2-1-10(13(18)7-11)9-22-6-5-14(21-22)16(24)20-19-8-12-3-4-15(27-12)23(25)26/h1-8H,9H2,(H,20,24)/b19-8+. The summed E-state index contributed by atoms with van der Waals surface area (Å²) in [5, 5.41) is 19.6. The highest BCUT2D eigenvalue weighted by atomic mass is 35.5. The minimum Gasteiger partial charge on any atom is -0.267 e. The number of carbonyl (C=O) groups is 1. The highest BCUT2D eigenvalue weighted by Gasteiger charge is 2.11. The van der Waals surface area contributed by atoms with Crippen molar-refractivity contribution in [2.24, 2.45) is 5.10 Å². The van der Waals surface area contributed by atoms with Gasteiger partial charge in [-0.15, -0.1) is 0 Å². The molecule has 138 valence electrons. The zero-order valence-electron chi connectivity index (χ0n) is 13.5. The third kappa shape index (κ3) is 4.91. The van der Waals surface area contributed by atoms with Gasteiger partial charge in [-0.1, -0.05) is 40.6 Å². The summed E-state index contributed by atoms with van der Waals surface area (Å²) >= 11 is 13.0. The number of halogens is 2. The molecule has 27 heavy (non-hydrogen) atoms. The summed E-state index contributed by atoms with van der Waals surface area (Å²) in [4.78, 5) is 22.8. The molecule has 2 heterocycles. The molecular formula is C16H11Cl2N5O3S. The van der Waals surface area contributed by atoms with Crippen molar-refractivity contribution < 1.29 is 9.72 Å². The molecule has 0 spiro atoms. The van der Waals surface area contributed by atoms with Crippen molar-refractivity contribution in [1.82, 2.24) is 15.2 Å². The van der Waals surface area contributed by atoms with Gasteiger partial charge in [-0.3, -0.25) is 19.6 Å². The number of rotatable bonds is 6. The van der Waals surface area contributed by atoms with Gasteiger partial charge in [0, 0.05) is 22.3 Å². The summed E-state index contributed by atoms with van der Waals surface area (Å²) in [6.07, 6.45) is 2.98. The zero-order chi connectivity index (χ0) is 19.4. The number of nitro groups is 1. The zero-order valence-corrected chi connectivity index (χ0v) is 15.8. The van der Waals surface area contributed by atoms with Gasteiger partial charge >= 0.3 is 5.00 Å². The van der Waals surface area contributed by atoms with Crippen LogP contribution >= 0.6 is 34.5 Å². The third-order valence-corrected chi connectivity index (χ3v) is 4.93. The van der Waals surface area contributed by atoms with Crippen molar-refractivity contribution >= 4 is 51.7 Å². The van der Waals surface area contributed by atoms with Gasteiger partial charge in [0.25, 0.3) is 5.91 Å². The summed E-state index contributed by atoms with van der Waals surface area (Å²) in [5.74, 6) is -0.502. The van der Waals surface area contributed by atoms with Crippen LogP contribution < -0.4 is 5.43 Å². The average Bonchev–Trinajstić information content (AvgIpc) is 3.27. The number of hydrazone groups is 1. The molecule has 0 saturated carbocycles. The van der Waals surface area contributed by atoms with E-state index in [1.54, 1.807) is 41.2 Å². The normalized spacial score (nSPS) is 11.0. The van der Waals surface area contributed by atoms with E-state index in [0.717, 1.165) is 16.9 Å². The topological polar surface area (TPSA) is 102 Å². The Hall–Kier alpha value is -2.75. The van der Waals surface area contributed by atoms with Gasteiger partial charge in [-0.25, -0.2) is 5.43 Å². The minimum absolute atomic E-state index is 0.00220. The lowest BCUT2D eigenvalue weighted by atomic mass is 10.2. The maximum atomic E-state index is 12.1. The maximum Gasteiger partial charge on any atom is 0.324 e. The molecule has 3 rings (SSSR count). The van der Waals surface area contributed by atoms with Crippen LogP contribution in [-0.4, -0.2) is 26.8 Å². The Morgan fingerprint density at radius 3 is 2.85 bits per heavy atom. The second-order valence-electron chi connectivity index (χ2n) is 5.27. The molecule has 0 bridgehead atoms. The Balaban J connectivity index is 1.60. The molecule has 0 saturated heterocycles. The molecule has 3 aromatic rings. The van der Waals surface area contributed by atoms with Gasteiger partial charge in [-0.2, -0.15) is 10.2 Å². The number of nitrogens with zero attached hydrogens (tertiary/aromatic N) is 4. The second-order valence-corrected chi connectivity index (χ2v) is 7.20. The quantitative estimate of drug-likeness (QED) is 0.367. The molecule has 0 atom stereocenters. The first-order chi connectivity index (χ1) is 12.9. The number of carbonyl (C=O) groups excluding carboxylic acids is 1. The van der Waals surface area contributed by atoms with Crippen LogP contribution in [0.2, 0.25) is 10.0 Å². The summed E-state index contributed by atoms with van der Waals surface area (Å²) < 4.78 is 1.57. The number of nitrogens with one attached hydrogen (secondary N) is 1. The predicted octanol–water partition coefficient (Wildman–Crippen LogP) is 3.97. The van der Waals surface area contributed by atoms with E-state index in [-0.39, 0.29) is 10.7 Å². The fourth-order valence-corrected chi connectivity index (χ4v) is 3.28. The highest BCUT2D eigenvalue weighted by molar-refractivity contribution is 7.16. The monoisotopic (exact) mass is 423 g/mol. The van der Waals surface area contributed by atoms with E-state index in [4.69, 9.17) is 23.2 Å². The molecular weight excluding hydrogens is 413 g/mol. The van der Waals surface area contributed by atoms with E-state index in [1.165, 1.54) is 12.3 Å². The van der Waals surface area contributed by atoms with E-state index in [2.05, 4.69) is 15.6 Å². The average molecular weight is 424 g/mol. The molecule has 0 fully saturated rings. The summed E-state index contributed by atoms with van der Waals surface area (Å²) in [6, 6.07) is 9.62. The van der Waals surface area contributed by atoms with Crippen molar-refractivity contribution in [2.75, 3.05) is 0 Å². The molecule has 1 aromatic carbocycles. The van der Waals surface area contributed by atoms with Gasteiger partial charge in [-0.05, 0) is 29.8 Å². The lowest BCUT2D eigenvalue weighted by Crippen LogP contribution is -2.18. The highest BCUT2D eigenvalue weighted by Crippen LogP contribution is 2.22. The maximum absolute atomic E-state index is 12.1. The largest absolute Gasteiger partial charge is 0.324 e. The van der Waals surface area contributed by atoms with E-state index >= 15 is 0 Å². The molecule has 2 aromatic heterocycles. The van der Waals surface area contributed by atoms with Crippen LogP contribution in [0.25, 0.3) is 0 Å². The van der Waals surface area contributed by atoms with Crippen molar-refractivity contribution in [1.29, 1.82) is 0 Å². The minimum atomic E-state index is -0.502.